The van der Waals surface area contributed by atoms with E-state index in [9.17, 15) is 18.0 Å². The number of nitrogens with zero attached hydrogens (tertiary/aromatic N) is 4. The molecule has 5 rings (SSSR count). The molecule has 1 fully saturated rings. The number of nitrogens with one attached hydrogen (secondary N) is 1. The van der Waals surface area contributed by atoms with Gasteiger partial charge in [0.25, 0.3) is 4.74 Å². The van der Waals surface area contributed by atoms with Crippen LogP contribution in [0.5, 0.6) is 0 Å². The molecule has 4 aromatic rings. The van der Waals surface area contributed by atoms with Gasteiger partial charge in [-0.1, -0.05) is 11.3 Å². The summed E-state index contributed by atoms with van der Waals surface area (Å²) in [6.07, 6.45) is 2.81. The highest BCUT2D eigenvalue weighted by molar-refractivity contribution is 7.15. The van der Waals surface area contributed by atoms with Gasteiger partial charge < -0.3 is 5.32 Å². The van der Waals surface area contributed by atoms with Crippen LogP contribution in [-0.4, -0.2) is 51.7 Å². The van der Waals surface area contributed by atoms with Crippen molar-refractivity contribution in [3.05, 3.63) is 75.2 Å². The van der Waals surface area contributed by atoms with Gasteiger partial charge in [0.05, 0.1) is 17.4 Å². The van der Waals surface area contributed by atoms with Crippen LogP contribution in [-0.2, 0) is 13.0 Å². The van der Waals surface area contributed by atoms with Crippen LogP contribution in [0.15, 0.2) is 47.5 Å². The third-order valence-corrected chi connectivity index (χ3v) is 6.93. The molecule has 1 aromatic carbocycles. The van der Waals surface area contributed by atoms with Crippen LogP contribution < -0.4 is 10.1 Å². The third kappa shape index (κ3) is 6.12. The molecule has 0 radical (unpaired) electrons. The first-order valence-corrected chi connectivity index (χ1v) is 11.9. The highest BCUT2D eigenvalue weighted by Gasteiger charge is 2.30. The van der Waals surface area contributed by atoms with Crippen LogP contribution >= 0.6 is 36.2 Å². The van der Waals surface area contributed by atoms with Crippen molar-refractivity contribution < 1.29 is 13.2 Å². The van der Waals surface area contributed by atoms with Crippen molar-refractivity contribution in [3.8, 4) is 0 Å². The van der Waals surface area contributed by atoms with Gasteiger partial charge in [0.2, 0.25) is 0 Å². The molecular formula is C24H24Cl2F3N5OS. The molecule has 0 amide bonds. The lowest BCUT2D eigenvalue weighted by molar-refractivity contribution is 0.0783. The van der Waals surface area contributed by atoms with Crippen LogP contribution in [0.3, 0.4) is 0 Å². The lowest BCUT2D eigenvalue weighted by atomic mass is 10.0. The Morgan fingerprint density at radius 1 is 1.14 bits per heavy atom. The minimum absolute atomic E-state index is 0. The molecule has 3 aromatic heterocycles. The van der Waals surface area contributed by atoms with Crippen LogP contribution in [0.2, 0.25) is 0 Å². The Bertz CT molecular complexity index is 1410. The van der Waals surface area contributed by atoms with Crippen LogP contribution in [0.25, 0.3) is 21.3 Å². The monoisotopic (exact) mass is 557 g/mol. The summed E-state index contributed by atoms with van der Waals surface area (Å²) in [6.45, 7) is 1.81. The minimum Gasteiger partial charge on any atom is -0.314 e. The Balaban J connectivity index is 0.00000180. The molecule has 1 aliphatic heterocycles. The molecule has 4 heterocycles. The molecule has 0 aliphatic carbocycles. The fourth-order valence-corrected chi connectivity index (χ4v) is 5.16. The molecule has 0 spiro atoms. The van der Waals surface area contributed by atoms with Gasteiger partial charge in [0.15, 0.2) is 5.82 Å². The SMILES string of the molecule is Cl.Cl.O=c1cnc2ccc(CN(CCc3ccnc4c(F)cc(F)cc34)[C@@H]3CCNC[C@@H]3F)nc2s1. The number of piperidine rings is 1. The summed E-state index contributed by atoms with van der Waals surface area (Å²) in [4.78, 5) is 27.0. The van der Waals surface area contributed by atoms with E-state index in [4.69, 9.17) is 0 Å². The summed E-state index contributed by atoms with van der Waals surface area (Å²) in [5.74, 6) is -1.37. The Hall–Kier alpha value is -2.37. The predicted molar refractivity (Wildman–Crippen MR) is 140 cm³/mol. The molecule has 192 valence electrons. The van der Waals surface area contributed by atoms with E-state index in [2.05, 4.69) is 20.3 Å². The van der Waals surface area contributed by atoms with E-state index >= 15 is 0 Å². The van der Waals surface area contributed by atoms with E-state index < -0.39 is 17.8 Å². The van der Waals surface area contributed by atoms with Gasteiger partial charge in [-0.3, -0.25) is 14.7 Å². The summed E-state index contributed by atoms with van der Waals surface area (Å²) >= 11 is 1.02. The van der Waals surface area contributed by atoms with Crippen molar-refractivity contribution in [1.29, 1.82) is 0 Å². The fraction of sp³-hybridized carbons (Fsp3) is 0.333. The molecule has 1 N–H and O–H groups in total. The molecule has 1 aliphatic rings. The number of halogens is 5. The van der Waals surface area contributed by atoms with Gasteiger partial charge in [-0.2, -0.15) is 0 Å². The molecule has 0 saturated carbocycles. The van der Waals surface area contributed by atoms with Crippen molar-refractivity contribution >= 4 is 57.4 Å². The Morgan fingerprint density at radius 3 is 2.78 bits per heavy atom. The zero-order valence-electron chi connectivity index (χ0n) is 19.0. The molecule has 6 nitrogen and oxygen atoms in total. The smallest absolute Gasteiger partial charge is 0.252 e. The first kappa shape index (κ1) is 28.2. The van der Waals surface area contributed by atoms with E-state index in [0.29, 0.717) is 53.9 Å². The maximum atomic E-state index is 14.9. The number of hydrogen-bond donors (Lipinski definition) is 1. The maximum Gasteiger partial charge on any atom is 0.252 e. The summed E-state index contributed by atoms with van der Waals surface area (Å²) in [5.41, 5.74) is 2.21. The topological polar surface area (TPSA) is 71.0 Å². The first-order valence-electron chi connectivity index (χ1n) is 11.1. The van der Waals surface area contributed by atoms with Crippen LogP contribution in [0.1, 0.15) is 17.7 Å². The quantitative estimate of drug-likeness (QED) is 0.377. The van der Waals surface area contributed by atoms with Gasteiger partial charge in [-0.05, 0) is 49.2 Å². The first-order chi connectivity index (χ1) is 16.5. The molecular weight excluding hydrogens is 534 g/mol. The summed E-state index contributed by atoms with van der Waals surface area (Å²) in [7, 11) is 0. The highest BCUT2D eigenvalue weighted by Crippen LogP contribution is 2.24. The molecule has 0 bridgehead atoms. The van der Waals surface area contributed by atoms with E-state index in [1.165, 1.54) is 18.5 Å². The largest absolute Gasteiger partial charge is 0.314 e. The molecule has 36 heavy (non-hydrogen) atoms. The highest BCUT2D eigenvalue weighted by atomic mass is 35.5. The standard InChI is InChI=1S/C24H22F3N5OS.2ClH/c25-15-9-17-14(3-7-29-23(17)18(26)10-15)5-8-32(21-4-6-28-11-19(21)27)13-16-1-2-20-24(31-16)34-22(33)12-30-20;;/h1-3,7,9-10,12,19,21,28H,4-6,8,11,13H2;2*1H/t19-,21+;;/m0../s1. The van der Waals surface area contributed by atoms with Crippen LogP contribution in [0, 0.1) is 11.6 Å². The second-order valence-electron chi connectivity index (χ2n) is 8.36. The fourth-order valence-electron chi connectivity index (χ4n) is 4.48. The molecule has 1 saturated heterocycles. The number of rotatable bonds is 6. The van der Waals surface area contributed by atoms with Gasteiger partial charge in [-0.25, -0.2) is 23.1 Å². The van der Waals surface area contributed by atoms with Crippen molar-refractivity contribution in [1.82, 2.24) is 25.2 Å². The molecule has 2 atom stereocenters. The summed E-state index contributed by atoms with van der Waals surface area (Å²) in [6, 6.07) is 7.17. The van der Waals surface area contributed by atoms with Gasteiger partial charge in [0, 0.05) is 43.3 Å². The van der Waals surface area contributed by atoms with Crippen LogP contribution in [0.4, 0.5) is 13.2 Å². The van der Waals surface area contributed by atoms with Crippen molar-refractivity contribution in [3.63, 3.8) is 0 Å². The second kappa shape index (κ2) is 12.2. The Labute approximate surface area is 221 Å². The van der Waals surface area contributed by atoms with E-state index in [1.54, 1.807) is 6.07 Å². The number of benzene rings is 1. The van der Waals surface area contributed by atoms with Crippen molar-refractivity contribution in [2.75, 3.05) is 19.6 Å². The average Bonchev–Trinajstić information content (AvgIpc) is 2.82. The van der Waals surface area contributed by atoms with E-state index in [-0.39, 0.29) is 47.7 Å². The van der Waals surface area contributed by atoms with E-state index in [1.807, 2.05) is 17.0 Å². The zero-order valence-corrected chi connectivity index (χ0v) is 21.4. The Morgan fingerprint density at radius 2 is 1.97 bits per heavy atom. The third-order valence-electron chi connectivity index (χ3n) is 6.13. The number of aromatic nitrogens is 3. The number of alkyl halides is 1. The van der Waals surface area contributed by atoms with Gasteiger partial charge in [0.1, 0.15) is 22.3 Å². The lowest BCUT2D eigenvalue weighted by Gasteiger charge is -2.36. The average molecular weight is 558 g/mol. The van der Waals surface area contributed by atoms with Gasteiger partial charge >= 0.3 is 0 Å². The van der Waals surface area contributed by atoms with E-state index in [0.717, 1.165) is 23.0 Å². The predicted octanol–water partition coefficient (Wildman–Crippen LogP) is 4.47. The maximum absolute atomic E-state index is 14.9. The molecule has 0 unspecified atom stereocenters. The Kier molecular flexibility index (Phi) is 9.59. The number of fused-ring (bicyclic) bond motifs is 2. The van der Waals surface area contributed by atoms with Crippen molar-refractivity contribution in [2.45, 2.75) is 31.6 Å². The number of hydrogen-bond acceptors (Lipinski definition) is 7. The summed E-state index contributed by atoms with van der Waals surface area (Å²) < 4.78 is 42.8. The minimum atomic E-state index is -1.06. The summed E-state index contributed by atoms with van der Waals surface area (Å²) in [5, 5.41) is 3.49. The number of pyridine rings is 2. The second-order valence-corrected chi connectivity index (χ2v) is 9.35. The normalized spacial score (nSPS) is 17.7. The zero-order chi connectivity index (χ0) is 23.7. The van der Waals surface area contributed by atoms with Crippen molar-refractivity contribution in [2.24, 2.45) is 0 Å². The van der Waals surface area contributed by atoms with Gasteiger partial charge in [-0.15, -0.1) is 24.8 Å². The molecule has 12 heteroatoms. The lowest BCUT2D eigenvalue weighted by Crippen LogP contribution is -2.51.